The maximum Gasteiger partial charge on any atom is 0.342 e. The summed E-state index contributed by atoms with van der Waals surface area (Å²) in [6.45, 7) is 9.44. The van der Waals surface area contributed by atoms with E-state index in [2.05, 4.69) is 4.90 Å². The van der Waals surface area contributed by atoms with Crippen molar-refractivity contribution in [2.24, 2.45) is 10.4 Å². The number of fused-ring (bicyclic) bond motifs is 1. The molecule has 2 saturated heterocycles. The molecule has 38 heavy (non-hydrogen) atoms. The van der Waals surface area contributed by atoms with E-state index in [1.165, 1.54) is 31.3 Å². The highest BCUT2D eigenvalue weighted by Gasteiger charge is 2.67. The van der Waals surface area contributed by atoms with Gasteiger partial charge in [0.05, 0.1) is 32.6 Å². The SMILES string of the molecule is COC(=O)[C@]12CO[C@H](C(C)(C)C)N1C(=O)C(C(CCCOc1ccccc1)=NCCN1CCCCC1)=C2O. The summed E-state index contributed by atoms with van der Waals surface area (Å²) in [5, 5.41) is 11.5. The number of aliphatic hydroxyl groups is 1. The van der Waals surface area contributed by atoms with Crippen LogP contribution in [0.4, 0.5) is 0 Å². The van der Waals surface area contributed by atoms with Crippen LogP contribution in [0.5, 0.6) is 5.75 Å². The molecular formula is C29H41N3O6. The monoisotopic (exact) mass is 527 g/mol. The number of nitrogens with zero attached hydrogens (tertiary/aromatic N) is 3. The molecule has 0 aliphatic carbocycles. The van der Waals surface area contributed by atoms with Gasteiger partial charge in [-0.3, -0.25) is 14.7 Å². The Labute approximate surface area is 225 Å². The lowest BCUT2D eigenvalue weighted by Crippen LogP contribution is -2.56. The number of amides is 1. The number of aliphatic hydroxyl groups excluding tert-OH is 1. The van der Waals surface area contributed by atoms with Gasteiger partial charge in [-0.1, -0.05) is 45.4 Å². The van der Waals surface area contributed by atoms with Crippen LogP contribution in [0.2, 0.25) is 0 Å². The van der Waals surface area contributed by atoms with Gasteiger partial charge in [0.2, 0.25) is 5.54 Å². The lowest BCUT2D eigenvalue weighted by atomic mass is 9.91. The fourth-order valence-corrected chi connectivity index (χ4v) is 5.49. The van der Waals surface area contributed by atoms with Crippen molar-refractivity contribution in [1.29, 1.82) is 0 Å². The van der Waals surface area contributed by atoms with E-state index in [0.717, 1.165) is 25.4 Å². The molecule has 0 unspecified atom stereocenters. The van der Waals surface area contributed by atoms with E-state index in [0.29, 0.717) is 31.7 Å². The van der Waals surface area contributed by atoms with E-state index in [9.17, 15) is 14.7 Å². The number of piperidine rings is 1. The summed E-state index contributed by atoms with van der Waals surface area (Å²) in [7, 11) is 1.25. The minimum Gasteiger partial charge on any atom is -0.508 e. The molecule has 0 radical (unpaired) electrons. The van der Waals surface area contributed by atoms with Gasteiger partial charge in [0, 0.05) is 12.0 Å². The molecule has 3 aliphatic heterocycles. The van der Waals surface area contributed by atoms with E-state index >= 15 is 0 Å². The third-order valence-corrected chi connectivity index (χ3v) is 7.45. The number of ether oxygens (including phenoxy) is 3. The van der Waals surface area contributed by atoms with Crippen LogP contribution in [-0.2, 0) is 19.1 Å². The van der Waals surface area contributed by atoms with Gasteiger partial charge >= 0.3 is 5.97 Å². The van der Waals surface area contributed by atoms with Gasteiger partial charge in [-0.05, 0) is 50.9 Å². The minimum atomic E-state index is -1.70. The Balaban J connectivity index is 1.60. The second kappa shape index (κ2) is 11.9. The third-order valence-electron chi connectivity index (χ3n) is 7.45. The normalized spacial score (nSPS) is 24.6. The van der Waals surface area contributed by atoms with E-state index < -0.39 is 29.1 Å². The molecule has 1 aromatic rings. The van der Waals surface area contributed by atoms with E-state index in [1.807, 2.05) is 51.1 Å². The molecule has 208 valence electrons. The number of para-hydroxylation sites is 1. The zero-order valence-corrected chi connectivity index (χ0v) is 23.1. The number of aliphatic imine (C=N–C) groups is 1. The van der Waals surface area contributed by atoms with Crippen LogP contribution in [0.15, 0.2) is 46.7 Å². The van der Waals surface area contributed by atoms with E-state index in [-0.39, 0.29) is 17.9 Å². The summed E-state index contributed by atoms with van der Waals surface area (Å²) in [6, 6.07) is 9.54. The Morgan fingerprint density at radius 1 is 1.18 bits per heavy atom. The summed E-state index contributed by atoms with van der Waals surface area (Å²) >= 11 is 0. The smallest absolute Gasteiger partial charge is 0.342 e. The number of likely N-dealkylation sites (tertiary alicyclic amines) is 1. The predicted molar refractivity (Wildman–Crippen MR) is 144 cm³/mol. The minimum absolute atomic E-state index is 0.0892. The molecule has 0 saturated carbocycles. The average molecular weight is 528 g/mol. The van der Waals surface area contributed by atoms with Gasteiger partial charge in [0.25, 0.3) is 5.91 Å². The molecule has 2 fully saturated rings. The van der Waals surface area contributed by atoms with Crippen LogP contribution < -0.4 is 4.74 Å². The van der Waals surface area contributed by atoms with E-state index in [4.69, 9.17) is 19.2 Å². The maximum absolute atomic E-state index is 13.9. The van der Waals surface area contributed by atoms with Gasteiger partial charge in [0.1, 0.15) is 23.3 Å². The van der Waals surface area contributed by atoms with Gasteiger partial charge in [-0.15, -0.1) is 0 Å². The molecular weight excluding hydrogens is 486 g/mol. The highest BCUT2D eigenvalue weighted by Crippen LogP contribution is 2.47. The number of carbonyl (C=O) groups is 2. The highest BCUT2D eigenvalue weighted by molar-refractivity contribution is 6.25. The van der Waals surface area contributed by atoms with Crippen molar-refractivity contribution >= 4 is 17.6 Å². The van der Waals surface area contributed by atoms with Crippen LogP contribution in [0.1, 0.15) is 52.9 Å². The van der Waals surface area contributed by atoms with Crippen LogP contribution in [-0.4, -0.2) is 90.8 Å². The molecule has 3 aliphatic rings. The molecule has 9 heteroatoms. The van der Waals surface area contributed by atoms with Gasteiger partial charge in [0.15, 0.2) is 0 Å². The largest absolute Gasteiger partial charge is 0.508 e. The first-order chi connectivity index (χ1) is 18.2. The Kier molecular flexibility index (Phi) is 8.78. The number of esters is 1. The van der Waals surface area contributed by atoms with Crippen molar-refractivity contribution in [3.63, 3.8) is 0 Å². The molecule has 3 heterocycles. The number of hydrogen-bond acceptors (Lipinski definition) is 8. The first-order valence-corrected chi connectivity index (χ1v) is 13.6. The van der Waals surface area contributed by atoms with Crippen molar-refractivity contribution < 1.29 is 28.9 Å². The molecule has 0 spiro atoms. The highest BCUT2D eigenvalue weighted by atomic mass is 16.6. The zero-order valence-electron chi connectivity index (χ0n) is 23.1. The molecule has 2 atom stereocenters. The lowest BCUT2D eigenvalue weighted by Gasteiger charge is -2.36. The molecule has 1 N–H and O–H groups in total. The number of carbonyl (C=O) groups excluding carboxylic acids is 2. The van der Waals surface area contributed by atoms with Crippen LogP contribution in [0, 0.1) is 5.41 Å². The first kappa shape index (κ1) is 28.1. The maximum atomic E-state index is 13.9. The number of hydrogen-bond donors (Lipinski definition) is 1. The second-order valence-electron chi connectivity index (χ2n) is 11.3. The van der Waals surface area contributed by atoms with Crippen molar-refractivity contribution in [3.05, 3.63) is 41.7 Å². The van der Waals surface area contributed by atoms with Crippen molar-refractivity contribution in [1.82, 2.24) is 9.80 Å². The summed E-state index contributed by atoms with van der Waals surface area (Å²) in [6.07, 6.45) is 3.93. The Morgan fingerprint density at radius 2 is 1.89 bits per heavy atom. The van der Waals surface area contributed by atoms with Crippen molar-refractivity contribution in [3.8, 4) is 5.75 Å². The van der Waals surface area contributed by atoms with Crippen LogP contribution >= 0.6 is 0 Å². The molecule has 0 aromatic heterocycles. The topological polar surface area (TPSA) is 101 Å². The Hall–Kier alpha value is -2.91. The van der Waals surface area contributed by atoms with Crippen molar-refractivity contribution in [2.75, 3.05) is 46.5 Å². The molecule has 1 amide bonds. The summed E-state index contributed by atoms with van der Waals surface area (Å²) in [4.78, 5) is 35.6. The number of rotatable bonds is 10. The summed E-state index contributed by atoms with van der Waals surface area (Å²) in [5.74, 6) is -0.733. The Morgan fingerprint density at radius 3 is 2.55 bits per heavy atom. The second-order valence-corrected chi connectivity index (χ2v) is 11.3. The van der Waals surface area contributed by atoms with Gasteiger partial charge in [-0.25, -0.2) is 4.79 Å². The molecule has 4 rings (SSSR count). The standard InChI is InChI=1S/C29H41N3O6/c1-28(2,3)26-32-25(34)23(24(33)29(32,20-38-26)27(35)36-4)22(30-15-18-31-16-9-6-10-17-31)14-11-19-37-21-12-7-5-8-13-21/h5,7-8,12-13,26,33H,6,9-11,14-20H2,1-4H3/t26-,29-/m1/s1. The fraction of sp³-hybridized carbons (Fsp3) is 0.621. The van der Waals surface area contributed by atoms with Gasteiger partial charge in [-0.2, -0.15) is 0 Å². The zero-order chi connectivity index (χ0) is 27.3. The average Bonchev–Trinajstić information content (AvgIpc) is 3.42. The lowest BCUT2D eigenvalue weighted by molar-refractivity contribution is -0.158. The Bertz CT molecular complexity index is 1060. The fourth-order valence-electron chi connectivity index (χ4n) is 5.49. The quantitative estimate of drug-likeness (QED) is 0.281. The summed E-state index contributed by atoms with van der Waals surface area (Å²) < 4.78 is 16.9. The molecule has 1 aromatic carbocycles. The van der Waals surface area contributed by atoms with E-state index in [1.54, 1.807) is 0 Å². The first-order valence-electron chi connectivity index (χ1n) is 13.6. The predicted octanol–water partition coefficient (Wildman–Crippen LogP) is 3.74. The van der Waals surface area contributed by atoms with Crippen LogP contribution in [0.25, 0.3) is 0 Å². The van der Waals surface area contributed by atoms with Gasteiger partial charge < -0.3 is 24.2 Å². The summed E-state index contributed by atoms with van der Waals surface area (Å²) in [5.41, 5.74) is -1.61. The number of methoxy groups -OCH3 is 1. The molecule has 9 nitrogen and oxygen atoms in total. The number of benzene rings is 1. The molecule has 0 bridgehead atoms. The third kappa shape index (κ3) is 5.59. The van der Waals surface area contributed by atoms with Crippen LogP contribution in [0.3, 0.4) is 0 Å². The van der Waals surface area contributed by atoms with Crippen molar-refractivity contribution in [2.45, 2.75) is 64.6 Å².